The van der Waals surface area contributed by atoms with Crippen LogP contribution in [0.25, 0.3) is 0 Å². The summed E-state index contributed by atoms with van der Waals surface area (Å²) in [6.45, 7) is 1.94. The molecule has 1 N–H and O–H groups in total. The molecule has 3 atom stereocenters. The van der Waals surface area contributed by atoms with Gasteiger partial charge < -0.3 is 10.0 Å². The minimum absolute atomic E-state index is 0.0260. The first-order chi connectivity index (χ1) is 15.0. The highest BCUT2D eigenvalue weighted by Gasteiger charge is 2.23. The lowest BCUT2D eigenvalue weighted by Gasteiger charge is -2.31. The third-order valence-electron chi connectivity index (χ3n) is 5.69. The summed E-state index contributed by atoms with van der Waals surface area (Å²) >= 11 is 3.65. The molecule has 3 rings (SSSR count). The van der Waals surface area contributed by atoms with Crippen LogP contribution < -0.4 is 0 Å². The molecule has 3 aromatic rings. The van der Waals surface area contributed by atoms with E-state index in [2.05, 4.69) is 40.2 Å². The Labute approximate surface area is 193 Å². The van der Waals surface area contributed by atoms with Crippen LogP contribution in [0, 0.1) is 11.3 Å². The Hall–Kier alpha value is -2.87. The Morgan fingerprint density at radius 3 is 2.10 bits per heavy atom. The van der Waals surface area contributed by atoms with E-state index >= 15 is 0 Å². The molecule has 0 saturated carbocycles. The molecular formula is C27H27BrN2O. The van der Waals surface area contributed by atoms with Crippen molar-refractivity contribution in [2.24, 2.45) is 0 Å². The number of nitriles is 1. The Morgan fingerprint density at radius 1 is 0.968 bits per heavy atom. The number of likely N-dealkylation sites (N-methyl/N-ethyl adjacent to an activating group) is 1. The number of halogens is 1. The summed E-state index contributed by atoms with van der Waals surface area (Å²) in [6, 6.07) is 30.1. The van der Waals surface area contributed by atoms with Gasteiger partial charge in [-0.05, 0) is 42.2 Å². The molecule has 3 nitrogen and oxygen atoms in total. The molecular weight excluding hydrogens is 448 g/mol. The van der Waals surface area contributed by atoms with Crippen LogP contribution in [0.15, 0.2) is 101 Å². The molecule has 0 radical (unpaired) electrons. The monoisotopic (exact) mass is 474 g/mol. The molecule has 31 heavy (non-hydrogen) atoms. The second-order valence-electron chi connectivity index (χ2n) is 7.68. The van der Waals surface area contributed by atoms with E-state index in [1.807, 2.05) is 91.7 Å². The summed E-state index contributed by atoms with van der Waals surface area (Å²) in [4.78, 5) is 1.87. The highest BCUT2D eigenvalue weighted by Crippen LogP contribution is 2.29. The third-order valence-corrected chi connectivity index (χ3v) is 6.46. The molecule has 0 saturated heterocycles. The van der Waals surface area contributed by atoms with Crippen LogP contribution in [-0.4, -0.2) is 23.1 Å². The van der Waals surface area contributed by atoms with Crippen molar-refractivity contribution in [2.45, 2.75) is 31.4 Å². The highest BCUT2D eigenvalue weighted by molar-refractivity contribution is 9.10. The lowest BCUT2D eigenvalue weighted by Crippen LogP contribution is -2.33. The minimum atomic E-state index is -0.693. The van der Waals surface area contributed by atoms with Gasteiger partial charge in [0.05, 0.1) is 12.1 Å². The predicted octanol–water partition coefficient (Wildman–Crippen LogP) is 6.24. The summed E-state index contributed by atoms with van der Waals surface area (Å²) in [5, 5.41) is 20.8. The molecule has 0 heterocycles. The van der Waals surface area contributed by atoms with Gasteiger partial charge in [0.1, 0.15) is 11.8 Å². The molecule has 0 aliphatic rings. The SMILES string of the molecule is C[C@@H]([C@H](O)c1ccccc1)N(C)/C(C#N)=C/[C@@H](Cc1ccccc1Br)c1ccccc1. The topological polar surface area (TPSA) is 47.3 Å². The van der Waals surface area contributed by atoms with Crippen molar-refractivity contribution in [3.8, 4) is 6.07 Å². The van der Waals surface area contributed by atoms with E-state index in [1.165, 1.54) is 5.56 Å². The van der Waals surface area contributed by atoms with E-state index in [1.54, 1.807) is 0 Å². The standard InChI is InChI=1S/C27H27BrN2O/c1-20(27(31)22-13-7-4-8-14-22)30(2)25(19-29)18-24(21-11-5-3-6-12-21)17-23-15-9-10-16-26(23)28/h3-16,18,20,24,27,31H,17H2,1-2H3/b25-18+/t20-,24+,27-/m0/s1. The van der Waals surface area contributed by atoms with Crippen molar-refractivity contribution in [3.05, 3.63) is 118 Å². The fourth-order valence-corrected chi connectivity index (χ4v) is 4.10. The van der Waals surface area contributed by atoms with Gasteiger partial charge in [0.15, 0.2) is 0 Å². The Bertz CT molecular complexity index is 1040. The maximum absolute atomic E-state index is 10.8. The molecule has 0 fully saturated rings. The fraction of sp³-hybridized carbons (Fsp3) is 0.222. The second kappa shape index (κ2) is 10.9. The molecule has 0 aromatic heterocycles. The van der Waals surface area contributed by atoms with Crippen molar-refractivity contribution in [1.82, 2.24) is 4.90 Å². The maximum Gasteiger partial charge on any atom is 0.117 e. The maximum atomic E-state index is 10.8. The quantitative estimate of drug-likeness (QED) is 0.393. The predicted molar refractivity (Wildman–Crippen MR) is 129 cm³/mol. The summed E-state index contributed by atoms with van der Waals surface area (Å²) in [7, 11) is 1.87. The van der Waals surface area contributed by atoms with Crippen molar-refractivity contribution >= 4 is 15.9 Å². The van der Waals surface area contributed by atoms with Crippen LogP contribution in [0.2, 0.25) is 0 Å². The molecule has 0 aliphatic heterocycles. The van der Waals surface area contributed by atoms with Crippen LogP contribution in [0.1, 0.15) is 35.6 Å². The van der Waals surface area contributed by atoms with Gasteiger partial charge in [0.2, 0.25) is 0 Å². The van der Waals surface area contributed by atoms with Crippen molar-refractivity contribution in [3.63, 3.8) is 0 Å². The van der Waals surface area contributed by atoms with Gasteiger partial charge in [-0.15, -0.1) is 0 Å². The van der Waals surface area contributed by atoms with Crippen molar-refractivity contribution in [2.75, 3.05) is 7.05 Å². The van der Waals surface area contributed by atoms with Crippen LogP contribution in [0.3, 0.4) is 0 Å². The average molecular weight is 475 g/mol. The van der Waals surface area contributed by atoms with Gasteiger partial charge in [-0.25, -0.2) is 0 Å². The van der Waals surface area contributed by atoms with Gasteiger partial charge in [-0.1, -0.05) is 94.8 Å². The number of hydrogen-bond acceptors (Lipinski definition) is 3. The number of hydrogen-bond donors (Lipinski definition) is 1. The molecule has 3 aromatic carbocycles. The first kappa shape index (κ1) is 22.8. The van der Waals surface area contributed by atoms with E-state index < -0.39 is 6.10 Å². The van der Waals surface area contributed by atoms with E-state index in [-0.39, 0.29) is 12.0 Å². The minimum Gasteiger partial charge on any atom is -0.386 e. The van der Waals surface area contributed by atoms with Gasteiger partial charge in [0.25, 0.3) is 0 Å². The molecule has 0 amide bonds. The normalized spacial score (nSPS) is 14.4. The number of nitrogens with zero attached hydrogens (tertiary/aromatic N) is 2. The number of aliphatic hydroxyl groups is 1. The summed E-state index contributed by atoms with van der Waals surface area (Å²) in [5.74, 6) is 0.0260. The first-order valence-corrected chi connectivity index (χ1v) is 11.2. The molecule has 0 bridgehead atoms. The van der Waals surface area contributed by atoms with E-state index in [0.717, 1.165) is 22.0 Å². The number of rotatable bonds is 8. The largest absolute Gasteiger partial charge is 0.386 e. The number of aliphatic hydroxyl groups excluding tert-OH is 1. The third kappa shape index (κ3) is 5.85. The van der Waals surface area contributed by atoms with E-state index in [0.29, 0.717) is 5.70 Å². The highest BCUT2D eigenvalue weighted by atomic mass is 79.9. The van der Waals surface area contributed by atoms with E-state index in [4.69, 9.17) is 0 Å². The van der Waals surface area contributed by atoms with Crippen LogP contribution in [0.4, 0.5) is 0 Å². The Balaban J connectivity index is 1.91. The summed E-state index contributed by atoms with van der Waals surface area (Å²) in [6.07, 6.45) is 2.09. The van der Waals surface area contributed by atoms with Crippen LogP contribution >= 0.6 is 15.9 Å². The van der Waals surface area contributed by atoms with Crippen molar-refractivity contribution < 1.29 is 5.11 Å². The van der Waals surface area contributed by atoms with Crippen LogP contribution in [-0.2, 0) is 6.42 Å². The lowest BCUT2D eigenvalue weighted by molar-refractivity contribution is 0.0911. The summed E-state index contributed by atoms with van der Waals surface area (Å²) in [5.41, 5.74) is 3.72. The van der Waals surface area contributed by atoms with E-state index in [9.17, 15) is 10.4 Å². The smallest absolute Gasteiger partial charge is 0.117 e. The lowest BCUT2D eigenvalue weighted by atomic mass is 9.90. The Kier molecular flexibility index (Phi) is 8.06. The van der Waals surface area contributed by atoms with Gasteiger partial charge >= 0.3 is 0 Å². The zero-order valence-electron chi connectivity index (χ0n) is 17.8. The Morgan fingerprint density at radius 2 is 1.52 bits per heavy atom. The number of benzene rings is 3. The van der Waals surface area contributed by atoms with Crippen LogP contribution in [0.5, 0.6) is 0 Å². The molecule has 0 spiro atoms. The molecule has 158 valence electrons. The fourth-order valence-electron chi connectivity index (χ4n) is 3.66. The number of allylic oxidation sites excluding steroid dienone is 2. The second-order valence-corrected chi connectivity index (χ2v) is 8.54. The molecule has 0 unspecified atom stereocenters. The first-order valence-electron chi connectivity index (χ1n) is 10.4. The summed E-state index contributed by atoms with van der Waals surface area (Å²) < 4.78 is 1.06. The zero-order chi connectivity index (χ0) is 22.2. The molecule has 0 aliphatic carbocycles. The van der Waals surface area contributed by atoms with Gasteiger partial charge in [-0.3, -0.25) is 0 Å². The van der Waals surface area contributed by atoms with Gasteiger partial charge in [0, 0.05) is 17.4 Å². The van der Waals surface area contributed by atoms with Crippen molar-refractivity contribution in [1.29, 1.82) is 5.26 Å². The molecule has 4 heteroatoms. The average Bonchev–Trinajstić information content (AvgIpc) is 2.82. The van der Waals surface area contributed by atoms with Gasteiger partial charge in [-0.2, -0.15) is 5.26 Å². The zero-order valence-corrected chi connectivity index (χ0v) is 19.4.